The van der Waals surface area contributed by atoms with Crippen LogP contribution in [0.2, 0.25) is 0 Å². The lowest BCUT2D eigenvalue weighted by Gasteiger charge is -2.18. The molecule has 0 saturated carbocycles. The molecule has 2 aromatic rings. The number of rotatable bonds is 1. The molecule has 86 valence electrons. The van der Waals surface area contributed by atoms with Crippen molar-refractivity contribution in [3.05, 3.63) is 71.8 Å². The first-order valence-electron chi connectivity index (χ1n) is 5.45. The fourth-order valence-electron chi connectivity index (χ4n) is 1.91. The lowest BCUT2D eigenvalue weighted by Crippen LogP contribution is -2.03. The minimum atomic E-state index is 0. The van der Waals surface area contributed by atoms with Crippen LogP contribution < -0.4 is 4.74 Å². The summed E-state index contributed by atoms with van der Waals surface area (Å²) in [5, 5.41) is 0. The van der Waals surface area contributed by atoms with Crippen molar-refractivity contribution < 1.29 is 4.74 Å². The average Bonchev–Trinajstić information content (AvgIpc) is 2.39. The van der Waals surface area contributed by atoms with Gasteiger partial charge < -0.3 is 4.74 Å². The third-order valence-electron chi connectivity index (χ3n) is 2.76. The number of hydrogen-bond acceptors (Lipinski definition) is 1. The number of hydrogen-bond donors (Lipinski definition) is 0. The molecule has 0 radical (unpaired) electrons. The van der Waals surface area contributed by atoms with Gasteiger partial charge in [-0.15, -0.1) is 12.4 Å². The topological polar surface area (TPSA) is 9.23 Å². The summed E-state index contributed by atoms with van der Waals surface area (Å²) in [5.74, 6) is 1.93. The van der Waals surface area contributed by atoms with Gasteiger partial charge in [-0.05, 0) is 24.1 Å². The summed E-state index contributed by atoms with van der Waals surface area (Å²) in [6, 6.07) is 18.4. The molecule has 17 heavy (non-hydrogen) atoms. The van der Waals surface area contributed by atoms with Crippen LogP contribution in [-0.4, -0.2) is 0 Å². The molecule has 0 aromatic heterocycles. The van der Waals surface area contributed by atoms with Gasteiger partial charge in [0, 0.05) is 5.56 Å². The zero-order chi connectivity index (χ0) is 10.8. The molecule has 0 spiro atoms. The van der Waals surface area contributed by atoms with Crippen molar-refractivity contribution in [2.24, 2.45) is 0 Å². The highest BCUT2D eigenvalue weighted by Gasteiger charge is 2.12. The summed E-state index contributed by atoms with van der Waals surface area (Å²) in [4.78, 5) is 0. The Morgan fingerprint density at radius 2 is 1.53 bits per heavy atom. The molecule has 2 heteroatoms. The maximum absolute atomic E-state index is 5.88. The Hall–Kier alpha value is -1.73. The Kier molecular flexibility index (Phi) is 3.50. The van der Waals surface area contributed by atoms with Crippen LogP contribution in [0, 0.1) is 0 Å². The number of halogens is 1. The first kappa shape index (κ1) is 11.7. The standard InChI is InChI=1S/C15H12O.ClH/c1-2-6-12(7-3-1)15-11-10-13-8-4-5-9-14(13)16-15;/h1-9,11H,10H2;1H. The van der Waals surface area contributed by atoms with E-state index in [1.165, 1.54) is 5.56 Å². The van der Waals surface area contributed by atoms with Crippen molar-refractivity contribution in [2.75, 3.05) is 0 Å². The number of benzene rings is 2. The quantitative estimate of drug-likeness (QED) is 0.734. The number of fused-ring (bicyclic) bond motifs is 1. The molecular weight excluding hydrogens is 232 g/mol. The van der Waals surface area contributed by atoms with Crippen LogP contribution in [0.1, 0.15) is 11.1 Å². The van der Waals surface area contributed by atoms with E-state index in [9.17, 15) is 0 Å². The maximum Gasteiger partial charge on any atom is 0.131 e. The minimum absolute atomic E-state index is 0. The van der Waals surface area contributed by atoms with E-state index in [2.05, 4.69) is 24.3 Å². The van der Waals surface area contributed by atoms with Gasteiger partial charge in [0.05, 0.1) is 0 Å². The molecule has 2 aromatic carbocycles. The monoisotopic (exact) mass is 244 g/mol. The van der Waals surface area contributed by atoms with E-state index in [0.29, 0.717) is 0 Å². The molecule has 0 aliphatic carbocycles. The Labute approximate surface area is 107 Å². The first-order valence-corrected chi connectivity index (χ1v) is 5.45. The van der Waals surface area contributed by atoms with Crippen molar-refractivity contribution in [3.8, 4) is 5.75 Å². The fraction of sp³-hybridized carbons (Fsp3) is 0.0667. The largest absolute Gasteiger partial charge is 0.457 e. The van der Waals surface area contributed by atoms with Gasteiger partial charge in [-0.2, -0.15) is 0 Å². The van der Waals surface area contributed by atoms with Crippen LogP contribution in [0.5, 0.6) is 5.75 Å². The minimum Gasteiger partial charge on any atom is -0.457 e. The Balaban J connectivity index is 0.00000108. The highest BCUT2D eigenvalue weighted by Crippen LogP contribution is 2.29. The van der Waals surface area contributed by atoms with E-state index < -0.39 is 0 Å². The summed E-state index contributed by atoms with van der Waals surface area (Å²) in [7, 11) is 0. The van der Waals surface area contributed by atoms with Crippen LogP contribution in [0.4, 0.5) is 0 Å². The van der Waals surface area contributed by atoms with E-state index in [-0.39, 0.29) is 12.4 Å². The predicted octanol–water partition coefficient (Wildman–Crippen LogP) is 4.08. The third-order valence-corrected chi connectivity index (χ3v) is 2.76. The molecular formula is C15H13ClO. The molecule has 0 saturated heterocycles. The van der Waals surface area contributed by atoms with Crippen molar-refractivity contribution in [3.63, 3.8) is 0 Å². The second kappa shape index (κ2) is 5.07. The van der Waals surface area contributed by atoms with Crippen LogP contribution in [-0.2, 0) is 6.42 Å². The molecule has 0 fully saturated rings. The Bertz CT molecular complexity index is 532. The van der Waals surface area contributed by atoms with E-state index in [0.717, 1.165) is 23.5 Å². The van der Waals surface area contributed by atoms with Gasteiger partial charge in [-0.1, -0.05) is 48.5 Å². The van der Waals surface area contributed by atoms with Crippen LogP contribution in [0.3, 0.4) is 0 Å². The van der Waals surface area contributed by atoms with E-state index in [4.69, 9.17) is 4.74 Å². The predicted molar refractivity (Wildman–Crippen MR) is 72.4 cm³/mol. The van der Waals surface area contributed by atoms with Gasteiger partial charge in [0.15, 0.2) is 0 Å². The van der Waals surface area contributed by atoms with Gasteiger partial charge >= 0.3 is 0 Å². The lowest BCUT2D eigenvalue weighted by molar-refractivity contribution is 0.498. The molecule has 3 rings (SSSR count). The molecule has 1 heterocycles. The number of ether oxygens (including phenoxy) is 1. The van der Waals surface area contributed by atoms with Crippen molar-refractivity contribution >= 4 is 18.2 Å². The number of para-hydroxylation sites is 1. The van der Waals surface area contributed by atoms with E-state index in [1.54, 1.807) is 0 Å². The van der Waals surface area contributed by atoms with Gasteiger partial charge in [0.1, 0.15) is 11.5 Å². The third kappa shape index (κ3) is 2.34. The second-order valence-electron chi connectivity index (χ2n) is 3.85. The smallest absolute Gasteiger partial charge is 0.131 e. The van der Waals surface area contributed by atoms with Gasteiger partial charge in [-0.3, -0.25) is 0 Å². The molecule has 0 atom stereocenters. The van der Waals surface area contributed by atoms with Gasteiger partial charge in [-0.25, -0.2) is 0 Å². The average molecular weight is 245 g/mol. The van der Waals surface area contributed by atoms with Crippen molar-refractivity contribution in [2.45, 2.75) is 6.42 Å². The summed E-state index contributed by atoms with van der Waals surface area (Å²) in [6.07, 6.45) is 3.08. The van der Waals surface area contributed by atoms with E-state index >= 15 is 0 Å². The van der Waals surface area contributed by atoms with Crippen LogP contribution in [0.15, 0.2) is 60.7 Å². The van der Waals surface area contributed by atoms with Gasteiger partial charge in [0.2, 0.25) is 0 Å². The second-order valence-corrected chi connectivity index (χ2v) is 3.85. The maximum atomic E-state index is 5.88. The number of allylic oxidation sites excluding steroid dienone is 1. The molecule has 1 aliphatic rings. The zero-order valence-electron chi connectivity index (χ0n) is 9.30. The molecule has 0 N–H and O–H groups in total. The summed E-state index contributed by atoms with van der Waals surface area (Å²) in [5.41, 5.74) is 2.39. The lowest BCUT2D eigenvalue weighted by atomic mass is 10.1. The molecule has 0 amide bonds. The SMILES string of the molecule is C1=C(c2ccccc2)Oc2ccccc2C1.Cl. The highest BCUT2D eigenvalue weighted by molar-refractivity contribution is 5.85. The normalized spacial score (nSPS) is 12.8. The van der Waals surface area contributed by atoms with E-state index in [1.807, 2.05) is 36.4 Å². The summed E-state index contributed by atoms with van der Waals surface area (Å²) >= 11 is 0. The summed E-state index contributed by atoms with van der Waals surface area (Å²) in [6.45, 7) is 0. The van der Waals surface area contributed by atoms with Crippen LogP contribution >= 0.6 is 12.4 Å². The molecule has 0 bridgehead atoms. The van der Waals surface area contributed by atoms with Crippen molar-refractivity contribution in [1.29, 1.82) is 0 Å². The highest BCUT2D eigenvalue weighted by atomic mass is 35.5. The zero-order valence-corrected chi connectivity index (χ0v) is 10.1. The Morgan fingerprint density at radius 1 is 0.824 bits per heavy atom. The van der Waals surface area contributed by atoms with Crippen molar-refractivity contribution in [1.82, 2.24) is 0 Å². The Morgan fingerprint density at radius 3 is 2.35 bits per heavy atom. The molecule has 1 nitrogen and oxygen atoms in total. The first-order chi connectivity index (χ1) is 7.93. The van der Waals surface area contributed by atoms with Crippen LogP contribution in [0.25, 0.3) is 5.76 Å². The summed E-state index contributed by atoms with van der Waals surface area (Å²) < 4.78 is 5.88. The molecule has 0 unspecified atom stereocenters. The fourth-order valence-corrected chi connectivity index (χ4v) is 1.91. The van der Waals surface area contributed by atoms with Gasteiger partial charge in [0.25, 0.3) is 0 Å². The molecule has 1 aliphatic heterocycles.